The Morgan fingerprint density at radius 3 is 2.85 bits per heavy atom. The molecule has 1 amide bonds. The molecule has 142 valence electrons. The molecule has 1 aromatic heterocycles. The van der Waals surface area contributed by atoms with Gasteiger partial charge in [-0.25, -0.2) is 0 Å². The molecule has 0 bridgehead atoms. The summed E-state index contributed by atoms with van der Waals surface area (Å²) in [7, 11) is 0. The number of nitrogens with zero attached hydrogens (tertiary/aromatic N) is 3. The summed E-state index contributed by atoms with van der Waals surface area (Å²) in [5.41, 5.74) is 1.10. The van der Waals surface area contributed by atoms with E-state index in [2.05, 4.69) is 22.5 Å². The van der Waals surface area contributed by atoms with E-state index in [-0.39, 0.29) is 5.91 Å². The van der Waals surface area contributed by atoms with Crippen molar-refractivity contribution in [2.75, 3.05) is 19.6 Å². The van der Waals surface area contributed by atoms with Crippen LogP contribution in [0.25, 0.3) is 0 Å². The van der Waals surface area contributed by atoms with Crippen molar-refractivity contribution in [2.24, 2.45) is 5.92 Å². The molecular weight excluding hydrogens is 322 g/mol. The van der Waals surface area contributed by atoms with Gasteiger partial charge < -0.3 is 9.80 Å². The Morgan fingerprint density at radius 2 is 2.12 bits per heavy atom. The van der Waals surface area contributed by atoms with Gasteiger partial charge in [0.2, 0.25) is 5.91 Å². The Balaban J connectivity index is 1.61. The lowest BCUT2D eigenvalue weighted by molar-refractivity contribution is -0.131. The van der Waals surface area contributed by atoms with Crippen molar-refractivity contribution in [2.45, 2.75) is 64.0 Å². The van der Waals surface area contributed by atoms with E-state index in [0.29, 0.717) is 18.9 Å². The number of carbonyl (C=O) groups is 1. The molecule has 1 aromatic rings. The third-order valence-electron chi connectivity index (χ3n) is 5.89. The maximum absolute atomic E-state index is 12.6. The highest BCUT2D eigenvalue weighted by Gasteiger charge is 2.28. The zero-order valence-corrected chi connectivity index (χ0v) is 16.0. The molecule has 2 heterocycles. The second-order valence-electron chi connectivity index (χ2n) is 7.92. The van der Waals surface area contributed by atoms with Gasteiger partial charge in [-0.3, -0.25) is 9.78 Å². The van der Waals surface area contributed by atoms with Crippen LogP contribution in [0.15, 0.2) is 37.2 Å². The van der Waals surface area contributed by atoms with Crippen molar-refractivity contribution in [3.63, 3.8) is 0 Å². The second kappa shape index (κ2) is 9.86. The Labute approximate surface area is 158 Å². The van der Waals surface area contributed by atoms with E-state index in [1.165, 1.54) is 51.5 Å². The number of piperidine rings is 1. The van der Waals surface area contributed by atoms with Crippen LogP contribution in [0.5, 0.6) is 0 Å². The first-order chi connectivity index (χ1) is 12.8. The molecule has 3 rings (SSSR count). The van der Waals surface area contributed by atoms with E-state index in [4.69, 9.17) is 0 Å². The van der Waals surface area contributed by atoms with Crippen molar-refractivity contribution in [3.8, 4) is 0 Å². The Hall–Kier alpha value is -1.68. The number of hydrogen-bond donors (Lipinski definition) is 0. The van der Waals surface area contributed by atoms with Gasteiger partial charge in [0, 0.05) is 44.5 Å². The Kier molecular flexibility index (Phi) is 7.24. The predicted octanol–water partition coefficient (Wildman–Crippen LogP) is 4.03. The number of aromatic nitrogens is 1. The highest BCUT2D eigenvalue weighted by atomic mass is 16.2. The third-order valence-corrected chi connectivity index (χ3v) is 5.89. The molecule has 4 heteroatoms. The Bertz CT molecular complexity index is 568. The molecule has 0 N–H and O–H groups in total. The summed E-state index contributed by atoms with van der Waals surface area (Å²) >= 11 is 0. The molecule has 1 atom stereocenters. The lowest BCUT2D eigenvalue weighted by Crippen LogP contribution is -2.47. The number of amides is 1. The molecule has 0 aromatic carbocycles. The summed E-state index contributed by atoms with van der Waals surface area (Å²) in [5, 5.41) is 0. The minimum absolute atomic E-state index is 0.179. The van der Waals surface area contributed by atoms with Crippen molar-refractivity contribution < 1.29 is 4.79 Å². The number of pyridine rings is 1. The van der Waals surface area contributed by atoms with Gasteiger partial charge >= 0.3 is 0 Å². The lowest BCUT2D eigenvalue weighted by Gasteiger charge is -2.41. The first kappa shape index (κ1) is 19.1. The van der Waals surface area contributed by atoms with Gasteiger partial charge in [-0.15, -0.1) is 6.58 Å². The van der Waals surface area contributed by atoms with Crippen LogP contribution in [0.3, 0.4) is 0 Å². The zero-order valence-electron chi connectivity index (χ0n) is 16.0. The second-order valence-corrected chi connectivity index (χ2v) is 7.92. The fourth-order valence-electron chi connectivity index (χ4n) is 4.55. The normalized spacial score (nSPS) is 22.1. The van der Waals surface area contributed by atoms with Crippen molar-refractivity contribution >= 4 is 5.91 Å². The van der Waals surface area contributed by atoms with Gasteiger partial charge in [0.25, 0.3) is 0 Å². The summed E-state index contributed by atoms with van der Waals surface area (Å²) in [6, 6.07) is 4.77. The first-order valence-corrected chi connectivity index (χ1v) is 10.3. The average Bonchev–Trinajstić information content (AvgIpc) is 2.69. The minimum Gasteiger partial charge on any atom is -0.338 e. The molecule has 1 saturated carbocycles. The van der Waals surface area contributed by atoms with Crippen LogP contribution in [0, 0.1) is 5.92 Å². The van der Waals surface area contributed by atoms with Gasteiger partial charge in [-0.05, 0) is 49.8 Å². The molecule has 1 aliphatic carbocycles. The minimum atomic E-state index is 0.179. The van der Waals surface area contributed by atoms with E-state index in [9.17, 15) is 4.79 Å². The van der Waals surface area contributed by atoms with Gasteiger partial charge in [0.05, 0.1) is 0 Å². The van der Waals surface area contributed by atoms with E-state index in [1.807, 2.05) is 17.2 Å². The topological polar surface area (TPSA) is 36.4 Å². The molecule has 0 spiro atoms. The van der Waals surface area contributed by atoms with Crippen molar-refractivity contribution in [1.82, 2.24) is 14.8 Å². The SMILES string of the molecule is C=CCC(=O)N(Cc1cccnc1)C[C@@H]1CCCN(C2CCCCC2)C1. The maximum atomic E-state index is 12.6. The smallest absolute Gasteiger partial charge is 0.226 e. The highest BCUT2D eigenvalue weighted by molar-refractivity contribution is 5.77. The van der Waals surface area contributed by atoms with Crippen LogP contribution in [0.4, 0.5) is 0 Å². The largest absolute Gasteiger partial charge is 0.338 e. The summed E-state index contributed by atoms with van der Waals surface area (Å²) in [6.07, 6.45) is 15.2. The van der Waals surface area contributed by atoms with Crippen LogP contribution in [-0.2, 0) is 11.3 Å². The average molecular weight is 356 g/mol. The maximum Gasteiger partial charge on any atom is 0.226 e. The molecule has 0 radical (unpaired) electrons. The van der Waals surface area contributed by atoms with Crippen LogP contribution < -0.4 is 0 Å². The zero-order chi connectivity index (χ0) is 18.2. The first-order valence-electron chi connectivity index (χ1n) is 10.3. The van der Waals surface area contributed by atoms with E-state index >= 15 is 0 Å². The molecule has 1 aliphatic heterocycles. The molecule has 4 nitrogen and oxygen atoms in total. The van der Waals surface area contributed by atoms with Gasteiger partial charge in [0.15, 0.2) is 0 Å². The third kappa shape index (κ3) is 5.41. The molecule has 2 fully saturated rings. The van der Waals surface area contributed by atoms with Crippen molar-refractivity contribution in [3.05, 3.63) is 42.7 Å². The van der Waals surface area contributed by atoms with E-state index in [0.717, 1.165) is 24.7 Å². The molecule has 2 aliphatic rings. The van der Waals surface area contributed by atoms with Crippen LogP contribution in [-0.4, -0.2) is 46.4 Å². The van der Waals surface area contributed by atoms with Crippen molar-refractivity contribution in [1.29, 1.82) is 0 Å². The molecule has 26 heavy (non-hydrogen) atoms. The summed E-state index contributed by atoms with van der Waals surface area (Å²) in [6.45, 7) is 7.64. The van der Waals surface area contributed by atoms with Crippen LogP contribution >= 0.6 is 0 Å². The van der Waals surface area contributed by atoms with Gasteiger partial charge in [-0.2, -0.15) is 0 Å². The number of rotatable bonds is 7. The van der Waals surface area contributed by atoms with Gasteiger partial charge in [-0.1, -0.05) is 31.4 Å². The summed E-state index contributed by atoms with van der Waals surface area (Å²) < 4.78 is 0. The molecular formula is C22H33N3O. The van der Waals surface area contributed by atoms with Gasteiger partial charge in [0.1, 0.15) is 0 Å². The summed E-state index contributed by atoms with van der Waals surface area (Å²) in [4.78, 5) is 21.6. The fraction of sp³-hybridized carbons (Fsp3) is 0.636. The summed E-state index contributed by atoms with van der Waals surface area (Å²) in [5.74, 6) is 0.759. The monoisotopic (exact) mass is 355 g/mol. The predicted molar refractivity (Wildman–Crippen MR) is 106 cm³/mol. The fourth-order valence-corrected chi connectivity index (χ4v) is 4.55. The highest BCUT2D eigenvalue weighted by Crippen LogP contribution is 2.27. The molecule has 0 unspecified atom stereocenters. The quantitative estimate of drug-likeness (QED) is 0.693. The Morgan fingerprint density at radius 1 is 1.27 bits per heavy atom. The molecule has 1 saturated heterocycles. The standard InChI is InChI=1S/C22H33N3O/c1-2-8-22(26)25(16-19-9-6-13-23-15-19)18-20-10-7-14-24(17-20)21-11-4-3-5-12-21/h2,6,9,13,15,20-21H,1,3-5,7-8,10-12,14,16-18H2/t20-/m1/s1. The number of likely N-dealkylation sites (tertiary alicyclic amines) is 1. The number of hydrogen-bond acceptors (Lipinski definition) is 3. The van der Waals surface area contributed by atoms with Crippen LogP contribution in [0.2, 0.25) is 0 Å². The van der Waals surface area contributed by atoms with Crippen LogP contribution in [0.1, 0.15) is 56.9 Å². The van der Waals surface area contributed by atoms with E-state index < -0.39 is 0 Å². The lowest BCUT2D eigenvalue weighted by atomic mass is 9.90. The number of carbonyl (C=O) groups excluding carboxylic acids is 1. The van der Waals surface area contributed by atoms with E-state index in [1.54, 1.807) is 12.3 Å².